The predicted molar refractivity (Wildman–Crippen MR) is 109 cm³/mol. The molecule has 4 rings (SSSR count). The first kappa shape index (κ1) is 18.2. The molecule has 1 atom stereocenters. The van der Waals surface area contributed by atoms with Gasteiger partial charge in [-0.2, -0.15) is 0 Å². The Labute approximate surface area is 164 Å². The molecule has 2 aromatic carbocycles. The fourth-order valence-electron chi connectivity index (χ4n) is 3.87. The number of aryl methyl sites for hydroxylation is 2. The third-order valence-corrected chi connectivity index (χ3v) is 5.26. The van der Waals surface area contributed by atoms with Crippen LogP contribution in [-0.2, 0) is 11.2 Å². The topological polar surface area (TPSA) is 62.3 Å². The van der Waals surface area contributed by atoms with Crippen molar-refractivity contribution in [2.45, 2.75) is 26.3 Å². The minimum Gasteiger partial charge on any atom is -0.353 e. The van der Waals surface area contributed by atoms with Gasteiger partial charge in [-0.25, -0.2) is 0 Å². The molecule has 2 heterocycles. The fourth-order valence-corrected chi connectivity index (χ4v) is 3.87. The number of rotatable bonds is 3. The lowest BCUT2D eigenvalue weighted by Gasteiger charge is -2.35. The van der Waals surface area contributed by atoms with Crippen molar-refractivity contribution in [3.63, 3.8) is 0 Å². The zero-order chi connectivity index (χ0) is 19.7. The minimum absolute atomic E-state index is 0.103. The summed E-state index contributed by atoms with van der Waals surface area (Å²) < 4.78 is 0. The van der Waals surface area contributed by atoms with E-state index in [0.717, 1.165) is 27.7 Å². The van der Waals surface area contributed by atoms with E-state index in [-0.39, 0.29) is 11.8 Å². The molecule has 0 spiro atoms. The Hall–Kier alpha value is -3.21. The van der Waals surface area contributed by atoms with Gasteiger partial charge >= 0.3 is 0 Å². The molecule has 0 radical (unpaired) electrons. The van der Waals surface area contributed by atoms with Gasteiger partial charge in [-0.3, -0.25) is 14.6 Å². The van der Waals surface area contributed by atoms with Crippen LogP contribution in [0, 0.1) is 13.8 Å². The van der Waals surface area contributed by atoms with Crippen LogP contribution >= 0.6 is 0 Å². The van der Waals surface area contributed by atoms with Crippen LogP contribution in [0.1, 0.15) is 27.2 Å². The number of hydrogen-bond acceptors (Lipinski definition) is 3. The highest BCUT2D eigenvalue weighted by atomic mass is 16.2. The van der Waals surface area contributed by atoms with E-state index in [1.807, 2.05) is 68.4 Å². The van der Waals surface area contributed by atoms with E-state index in [1.54, 1.807) is 4.90 Å². The monoisotopic (exact) mass is 373 g/mol. The number of nitrogens with zero attached hydrogens (tertiary/aromatic N) is 2. The first-order chi connectivity index (χ1) is 13.5. The molecule has 2 amide bonds. The Morgan fingerprint density at radius 2 is 1.93 bits per heavy atom. The summed E-state index contributed by atoms with van der Waals surface area (Å²) in [5, 5.41) is 3.93. The van der Waals surface area contributed by atoms with Crippen LogP contribution in [0.2, 0.25) is 0 Å². The van der Waals surface area contributed by atoms with E-state index in [1.165, 1.54) is 0 Å². The van der Waals surface area contributed by atoms with Gasteiger partial charge in [-0.15, -0.1) is 0 Å². The molecule has 1 N–H and O–H groups in total. The molecule has 1 aliphatic heterocycles. The van der Waals surface area contributed by atoms with Gasteiger partial charge in [0.15, 0.2) is 0 Å². The van der Waals surface area contributed by atoms with Crippen molar-refractivity contribution >= 4 is 22.7 Å². The van der Waals surface area contributed by atoms with Crippen LogP contribution in [0.3, 0.4) is 0 Å². The van der Waals surface area contributed by atoms with E-state index in [0.29, 0.717) is 25.1 Å². The van der Waals surface area contributed by atoms with Crippen LogP contribution in [-0.4, -0.2) is 40.8 Å². The molecule has 0 saturated carbocycles. The Morgan fingerprint density at radius 1 is 1.14 bits per heavy atom. The third kappa shape index (κ3) is 3.48. The van der Waals surface area contributed by atoms with Crippen molar-refractivity contribution in [2.24, 2.45) is 0 Å². The molecule has 28 heavy (non-hydrogen) atoms. The van der Waals surface area contributed by atoms with Gasteiger partial charge in [0.2, 0.25) is 5.91 Å². The number of carbonyl (C=O) groups excluding carboxylic acids is 2. The SMILES string of the molecule is Cc1cc(C)c2ccc(C(=O)N3CCNC(=O)[C@H]3Cc3ccccc3)cc2n1. The lowest BCUT2D eigenvalue weighted by Crippen LogP contribution is -2.58. The molecule has 3 aromatic rings. The molecule has 1 saturated heterocycles. The van der Waals surface area contributed by atoms with Gasteiger partial charge in [0.1, 0.15) is 6.04 Å². The molecule has 1 aliphatic rings. The quantitative estimate of drug-likeness (QED) is 0.768. The molecule has 1 fully saturated rings. The van der Waals surface area contributed by atoms with Crippen molar-refractivity contribution in [3.8, 4) is 0 Å². The van der Waals surface area contributed by atoms with Crippen molar-refractivity contribution in [3.05, 3.63) is 77.0 Å². The Kier molecular flexibility index (Phi) is 4.82. The van der Waals surface area contributed by atoms with Gasteiger partial charge in [-0.1, -0.05) is 36.4 Å². The number of benzene rings is 2. The Morgan fingerprint density at radius 3 is 2.71 bits per heavy atom. The van der Waals surface area contributed by atoms with Crippen molar-refractivity contribution in [1.82, 2.24) is 15.2 Å². The average Bonchev–Trinajstić information content (AvgIpc) is 2.69. The number of amides is 2. The maximum atomic E-state index is 13.3. The summed E-state index contributed by atoms with van der Waals surface area (Å²) in [5.74, 6) is -0.229. The highest BCUT2D eigenvalue weighted by Gasteiger charge is 2.33. The standard InChI is InChI=1S/C23H23N3O2/c1-15-12-16(2)25-20-14-18(8-9-19(15)20)23(28)26-11-10-24-22(27)21(26)13-17-6-4-3-5-7-17/h3-9,12,14,21H,10-11,13H2,1-2H3,(H,24,27)/t21-/m1/s1. The molecule has 0 unspecified atom stereocenters. The van der Waals surface area contributed by atoms with Crippen LogP contribution in [0.4, 0.5) is 0 Å². The zero-order valence-electron chi connectivity index (χ0n) is 16.1. The third-order valence-electron chi connectivity index (χ3n) is 5.26. The van der Waals surface area contributed by atoms with E-state index in [2.05, 4.69) is 10.3 Å². The molecular formula is C23H23N3O2. The minimum atomic E-state index is -0.508. The molecule has 1 aromatic heterocycles. The summed E-state index contributed by atoms with van der Waals surface area (Å²) in [6.45, 7) is 4.97. The van der Waals surface area contributed by atoms with Crippen LogP contribution in [0.25, 0.3) is 10.9 Å². The number of nitrogens with one attached hydrogen (secondary N) is 1. The van der Waals surface area contributed by atoms with Gasteiger partial charge < -0.3 is 10.2 Å². The van der Waals surface area contributed by atoms with Crippen molar-refractivity contribution in [1.29, 1.82) is 0 Å². The number of fused-ring (bicyclic) bond motifs is 1. The molecule has 5 heteroatoms. The van der Waals surface area contributed by atoms with Gasteiger partial charge in [-0.05, 0) is 43.2 Å². The van der Waals surface area contributed by atoms with E-state index in [4.69, 9.17) is 0 Å². The number of aromatic nitrogens is 1. The molecular weight excluding hydrogens is 350 g/mol. The first-order valence-corrected chi connectivity index (χ1v) is 9.53. The second-order valence-electron chi connectivity index (χ2n) is 7.31. The van der Waals surface area contributed by atoms with Crippen LogP contribution in [0.15, 0.2) is 54.6 Å². The average molecular weight is 373 g/mol. The van der Waals surface area contributed by atoms with Crippen LogP contribution < -0.4 is 5.32 Å². The molecule has 5 nitrogen and oxygen atoms in total. The summed E-state index contributed by atoms with van der Waals surface area (Å²) in [7, 11) is 0. The molecule has 142 valence electrons. The molecule has 0 aliphatic carbocycles. The fraction of sp³-hybridized carbons (Fsp3) is 0.261. The summed E-state index contributed by atoms with van der Waals surface area (Å²) in [6.07, 6.45) is 0.502. The highest BCUT2D eigenvalue weighted by molar-refractivity contribution is 6.01. The number of pyridine rings is 1. The van der Waals surface area contributed by atoms with Crippen molar-refractivity contribution in [2.75, 3.05) is 13.1 Å². The Bertz CT molecular complexity index is 1050. The maximum Gasteiger partial charge on any atom is 0.254 e. The summed E-state index contributed by atoms with van der Waals surface area (Å²) in [6, 6.07) is 16.9. The van der Waals surface area contributed by atoms with Gasteiger partial charge in [0, 0.05) is 36.2 Å². The second-order valence-corrected chi connectivity index (χ2v) is 7.31. The molecule has 0 bridgehead atoms. The smallest absolute Gasteiger partial charge is 0.254 e. The van der Waals surface area contributed by atoms with Crippen molar-refractivity contribution < 1.29 is 9.59 Å². The number of carbonyl (C=O) groups is 2. The first-order valence-electron chi connectivity index (χ1n) is 9.53. The summed E-state index contributed by atoms with van der Waals surface area (Å²) in [5.41, 5.74) is 4.48. The predicted octanol–water partition coefficient (Wildman–Crippen LogP) is 3.03. The van der Waals surface area contributed by atoms with E-state index < -0.39 is 6.04 Å². The number of piperazine rings is 1. The van der Waals surface area contributed by atoms with Gasteiger partial charge in [0.25, 0.3) is 5.91 Å². The maximum absolute atomic E-state index is 13.3. The van der Waals surface area contributed by atoms with E-state index in [9.17, 15) is 9.59 Å². The van der Waals surface area contributed by atoms with Crippen LogP contribution in [0.5, 0.6) is 0 Å². The zero-order valence-corrected chi connectivity index (χ0v) is 16.1. The summed E-state index contributed by atoms with van der Waals surface area (Å²) in [4.78, 5) is 32.1. The lowest BCUT2D eigenvalue weighted by molar-refractivity contribution is -0.127. The largest absolute Gasteiger partial charge is 0.353 e. The second kappa shape index (κ2) is 7.43. The Balaban J connectivity index is 1.66. The lowest BCUT2D eigenvalue weighted by atomic mass is 10.0. The van der Waals surface area contributed by atoms with E-state index >= 15 is 0 Å². The van der Waals surface area contributed by atoms with Gasteiger partial charge in [0.05, 0.1) is 5.52 Å². The normalized spacial score (nSPS) is 16.9. The summed E-state index contributed by atoms with van der Waals surface area (Å²) >= 11 is 0. The highest BCUT2D eigenvalue weighted by Crippen LogP contribution is 2.22. The number of hydrogen-bond donors (Lipinski definition) is 1.